The fourth-order valence-electron chi connectivity index (χ4n) is 2.06. The van der Waals surface area contributed by atoms with Gasteiger partial charge < -0.3 is 4.74 Å². The maximum atomic E-state index is 13.1. The molecule has 0 N–H and O–H groups in total. The number of esters is 1. The molecule has 24 heavy (non-hydrogen) atoms. The summed E-state index contributed by atoms with van der Waals surface area (Å²) in [4.78, 5) is 12.0. The van der Waals surface area contributed by atoms with Crippen LogP contribution in [-0.2, 0) is 19.6 Å². The van der Waals surface area contributed by atoms with Crippen molar-refractivity contribution in [2.24, 2.45) is 0 Å². The number of rotatable bonds is 6. The molecule has 2 aromatic rings. The maximum Gasteiger partial charge on any atom is 0.327 e. The molecule has 0 spiro atoms. The zero-order valence-electron chi connectivity index (χ0n) is 13.3. The summed E-state index contributed by atoms with van der Waals surface area (Å²) in [6, 6.07) is 12.6. The van der Waals surface area contributed by atoms with Gasteiger partial charge in [-0.1, -0.05) is 18.2 Å². The fourth-order valence-corrected chi connectivity index (χ4v) is 3.49. The Morgan fingerprint density at radius 1 is 1.08 bits per heavy atom. The van der Waals surface area contributed by atoms with Crippen molar-refractivity contribution in [2.45, 2.75) is 24.8 Å². The Hall–Kier alpha value is -2.41. The van der Waals surface area contributed by atoms with E-state index in [0.29, 0.717) is 0 Å². The molecular weight excluding hydrogens is 333 g/mol. The fraction of sp³-hybridized carbons (Fsp3) is 0.235. The average Bonchev–Trinajstić information content (AvgIpc) is 2.54. The summed E-state index contributed by atoms with van der Waals surface area (Å²) in [5.41, 5.74) is 0.181. The van der Waals surface area contributed by atoms with Gasteiger partial charge in [0.1, 0.15) is 12.4 Å². The van der Waals surface area contributed by atoms with E-state index < -0.39 is 28.4 Å². The number of sulfonamides is 1. The van der Waals surface area contributed by atoms with E-state index in [2.05, 4.69) is 0 Å². The van der Waals surface area contributed by atoms with Crippen LogP contribution in [0.5, 0.6) is 0 Å². The van der Waals surface area contributed by atoms with Gasteiger partial charge in [-0.3, -0.25) is 9.10 Å². The highest BCUT2D eigenvalue weighted by Gasteiger charge is 2.27. The Morgan fingerprint density at radius 2 is 1.67 bits per heavy atom. The quantitative estimate of drug-likeness (QED) is 0.751. The molecule has 0 aromatic heterocycles. The number of nitrogens with zero attached hydrogens (tertiary/aromatic N) is 1. The lowest BCUT2D eigenvalue weighted by molar-refractivity contribution is -0.145. The first-order valence-corrected chi connectivity index (χ1v) is 8.77. The van der Waals surface area contributed by atoms with Gasteiger partial charge in [-0.25, -0.2) is 12.8 Å². The van der Waals surface area contributed by atoms with Crippen molar-refractivity contribution in [1.82, 2.24) is 0 Å². The molecular formula is C17H18FNO4S. The zero-order chi connectivity index (χ0) is 17.7. The summed E-state index contributed by atoms with van der Waals surface area (Å²) in [5, 5.41) is 0. The molecule has 5 nitrogen and oxygen atoms in total. The van der Waals surface area contributed by atoms with Gasteiger partial charge >= 0.3 is 5.97 Å². The van der Waals surface area contributed by atoms with Crippen LogP contribution in [-0.4, -0.2) is 27.0 Å². The molecule has 0 aliphatic carbocycles. The minimum absolute atomic E-state index is 0.0340. The molecule has 0 saturated carbocycles. The highest BCUT2D eigenvalue weighted by atomic mass is 32.2. The molecule has 0 heterocycles. The molecule has 0 saturated heterocycles. The van der Waals surface area contributed by atoms with Gasteiger partial charge in [0.25, 0.3) is 10.0 Å². The molecule has 0 bridgehead atoms. The molecule has 0 amide bonds. The van der Waals surface area contributed by atoms with Gasteiger partial charge in [0.15, 0.2) is 0 Å². The van der Waals surface area contributed by atoms with E-state index in [1.807, 2.05) is 0 Å². The Bertz CT molecular complexity index is 789. The third-order valence-electron chi connectivity index (χ3n) is 3.09. The summed E-state index contributed by atoms with van der Waals surface area (Å²) in [6.45, 7) is 2.85. The van der Waals surface area contributed by atoms with Gasteiger partial charge in [-0.15, -0.1) is 0 Å². The van der Waals surface area contributed by atoms with Crippen LogP contribution >= 0.6 is 0 Å². The van der Waals surface area contributed by atoms with E-state index in [-0.39, 0.29) is 16.7 Å². The SMILES string of the molecule is CC(C)OC(=O)CN(c1ccc(F)cc1)S(=O)(=O)c1ccccc1. The second kappa shape index (κ2) is 7.44. The van der Waals surface area contributed by atoms with Gasteiger partial charge in [0.2, 0.25) is 0 Å². The molecule has 0 aliphatic heterocycles. The van der Waals surface area contributed by atoms with E-state index in [4.69, 9.17) is 4.74 Å². The largest absolute Gasteiger partial charge is 0.462 e. The first-order chi connectivity index (χ1) is 11.3. The minimum atomic E-state index is -3.99. The van der Waals surface area contributed by atoms with Crippen molar-refractivity contribution in [3.63, 3.8) is 0 Å². The van der Waals surface area contributed by atoms with Crippen LogP contribution in [0.3, 0.4) is 0 Å². The lowest BCUT2D eigenvalue weighted by Gasteiger charge is -2.24. The average molecular weight is 351 g/mol. The van der Waals surface area contributed by atoms with E-state index in [9.17, 15) is 17.6 Å². The Labute approximate surface area is 140 Å². The van der Waals surface area contributed by atoms with Crippen molar-refractivity contribution in [3.05, 3.63) is 60.4 Å². The molecule has 7 heteroatoms. The molecule has 0 radical (unpaired) electrons. The van der Waals surface area contributed by atoms with Crippen molar-refractivity contribution < 1.29 is 22.3 Å². The van der Waals surface area contributed by atoms with Crippen molar-refractivity contribution in [1.29, 1.82) is 0 Å². The monoisotopic (exact) mass is 351 g/mol. The van der Waals surface area contributed by atoms with Gasteiger partial charge in [0, 0.05) is 0 Å². The minimum Gasteiger partial charge on any atom is -0.462 e. The van der Waals surface area contributed by atoms with Crippen molar-refractivity contribution in [2.75, 3.05) is 10.8 Å². The van der Waals surface area contributed by atoms with Crippen LogP contribution in [0, 0.1) is 5.82 Å². The summed E-state index contributed by atoms with van der Waals surface area (Å²) in [5.74, 6) is -1.19. The van der Waals surface area contributed by atoms with Crippen LogP contribution in [0.2, 0.25) is 0 Å². The van der Waals surface area contributed by atoms with E-state index in [1.165, 1.54) is 24.3 Å². The van der Waals surface area contributed by atoms with E-state index in [1.54, 1.807) is 32.0 Å². The van der Waals surface area contributed by atoms with Crippen LogP contribution in [0.4, 0.5) is 10.1 Å². The lowest BCUT2D eigenvalue weighted by atomic mass is 10.3. The summed E-state index contributed by atoms with van der Waals surface area (Å²) < 4.78 is 44.8. The standard InChI is InChI=1S/C17H18FNO4S/c1-13(2)23-17(20)12-19(15-10-8-14(18)9-11-15)24(21,22)16-6-4-3-5-7-16/h3-11,13H,12H2,1-2H3. The Morgan fingerprint density at radius 3 is 2.21 bits per heavy atom. The van der Waals surface area contributed by atoms with E-state index in [0.717, 1.165) is 16.4 Å². The third-order valence-corrected chi connectivity index (χ3v) is 4.87. The summed E-state index contributed by atoms with van der Waals surface area (Å²) >= 11 is 0. The number of ether oxygens (including phenoxy) is 1. The number of carbonyl (C=O) groups is 1. The number of benzene rings is 2. The van der Waals surface area contributed by atoms with Crippen molar-refractivity contribution >= 4 is 21.7 Å². The normalized spacial score (nSPS) is 11.3. The number of hydrogen-bond donors (Lipinski definition) is 0. The molecule has 0 fully saturated rings. The molecule has 0 atom stereocenters. The van der Waals surface area contributed by atoms with E-state index >= 15 is 0 Å². The first-order valence-electron chi connectivity index (χ1n) is 7.33. The van der Waals surface area contributed by atoms with Crippen LogP contribution < -0.4 is 4.31 Å². The van der Waals surface area contributed by atoms with Crippen molar-refractivity contribution in [3.8, 4) is 0 Å². The third kappa shape index (κ3) is 4.32. The van der Waals surface area contributed by atoms with Crippen LogP contribution in [0.25, 0.3) is 0 Å². The number of anilines is 1. The second-order valence-corrected chi connectivity index (χ2v) is 7.20. The predicted octanol–water partition coefficient (Wildman–Crippen LogP) is 2.97. The van der Waals surface area contributed by atoms with Crippen LogP contribution in [0.15, 0.2) is 59.5 Å². The lowest BCUT2D eigenvalue weighted by Crippen LogP contribution is -2.37. The van der Waals surface area contributed by atoms with Crippen LogP contribution in [0.1, 0.15) is 13.8 Å². The highest BCUT2D eigenvalue weighted by Crippen LogP contribution is 2.24. The highest BCUT2D eigenvalue weighted by molar-refractivity contribution is 7.92. The molecule has 128 valence electrons. The summed E-state index contributed by atoms with van der Waals surface area (Å²) in [6.07, 6.45) is -0.369. The second-order valence-electron chi connectivity index (χ2n) is 5.34. The zero-order valence-corrected chi connectivity index (χ0v) is 14.2. The predicted molar refractivity (Wildman–Crippen MR) is 88.6 cm³/mol. The molecule has 2 aromatic carbocycles. The summed E-state index contributed by atoms with van der Waals surface area (Å²) in [7, 11) is -3.99. The maximum absolute atomic E-state index is 13.1. The molecule has 2 rings (SSSR count). The number of hydrogen-bond acceptors (Lipinski definition) is 4. The Kier molecular flexibility index (Phi) is 5.56. The van der Waals surface area contributed by atoms with Gasteiger partial charge in [0.05, 0.1) is 16.7 Å². The topological polar surface area (TPSA) is 63.7 Å². The smallest absolute Gasteiger partial charge is 0.327 e. The van der Waals surface area contributed by atoms with Gasteiger partial charge in [-0.2, -0.15) is 0 Å². The Balaban J connectivity index is 2.42. The first kappa shape index (κ1) is 17.9. The molecule has 0 aliphatic rings. The molecule has 0 unspecified atom stereocenters. The number of halogens is 1. The number of carbonyl (C=O) groups excluding carboxylic acids is 1. The van der Waals surface area contributed by atoms with Gasteiger partial charge in [-0.05, 0) is 50.2 Å².